The third-order valence-electron chi connectivity index (χ3n) is 2.36. The zero-order valence-corrected chi connectivity index (χ0v) is 9.90. The van der Waals surface area contributed by atoms with Gasteiger partial charge in [0.05, 0.1) is 5.84 Å². The molecule has 82 valence electrons. The van der Waals surface area contributed by atoms with Gasteiger partial charge in [-0.3, -0.25) is 4.99 Å². The summed E-state index contributed by atoms with van der Waals surface area (Å²) in [7, 11) is 2.10. The molecular weight excluding hydrogens is 184 g/mol. The lowest BCUT2D eigenvalue weighted by atomic mass is 10.2. The van der Waals surface area contributed by atoms with Crippen LogP contribution >= 0.6 is 0 Å². The molecule has 0 aliphatic heterocycles. The fourth-order valence-electron chi connectivity index (χ4n) is 1.63. The maximum atomic E-state index is 4.48. The summed E-state index contributed by atoms with van der Waals surface area (Å²) in [5, 5.41) is 0. The van der Waals surface area contributed by atoms with Crippen molar-refractivity contribution in [3.63, 3.8) is 0 Å². The first-order valence-corrected chi connectivity index (χ1v) is 5.56. The van der Waals surface area contributed by atoms with E-state index in [2.05, 4.69) is 55.1 Å². The minimum atomic E-state index is 0.863. The van der Waals surface area contributed by atoms with Gasteiger partial charge in [-0.1, -0.05) is 37.3 Å². The second kappa shape index (κ2) is 6.23. The first kappa shape index (κ1) is 11.8. The number of rotatable bonds is 4. The molecule has 0 saturated carbocycles. The van der Waals surface area contributed by atoms with Crippen molar-refractivity contribution in [3.05, 3.63) is 35.9 Å². The fourth-order valence-corrected chi connectivity index (χ4v) is 1.63. The van der Waals surface area contributed by atoms with Crippen molar-refractivity contribution in [1.29, 1.82) is 0 Å². The fraction of sp³-hybridized carbons (Fsp3) is 0.462. The Morgan fingerprint density at radius 2 is 1.87 bits per heavy atom. The highest BCUT2D eigenvalue weighted by molar-refractivity contribution is 5.81. The number of hydrogen-bond acceptors (Lipinski definition) is 1. The Morgan fingerprint density at radius 1 is 1.20 bits per heavy atom. The maximum absolute atomic E-state index is 4.48. The van der Waals surface area contributed by atoms with E-state index in [1.54, 1.807) is 0 Å². The Kier molecular flexibility index (Phi) is 4.88. The van der Waals surface area contributed by atoms with Crippen LogP contribution in [0.4, 0.5) is 0 Å². The van der Waals surface area contributed by atoms with E-state index in [0.717, 1.165) is 19.5 Å². The van der Waals surface area contributed by atoms with Gasteiger partial charge in [-0.05, 0) is 12.5 Å². The number of benzene rings is 1. The van der Waals surface area contributed by atoms with E-state index < -0.39 is 0 Å². The van der Waals surface area contributed by atoms with Crippen LogP contribution < -0.4 is 0 Å². The van der Waals surface area contributed by atoms with E-state index in [-0.39, 0.29) is 0 Å². The van der Waals surface area contributed by atoms with Crippen LogP contribution in [0, 0.1) is 0 Å². The highest BCUT2D eigenvalue weighted by Crippen LogP contribution is 2.04. The first-order valence-electron chi connectivity index (χ1n) is 5.56. The SMILES string of the molecule is CCN=C(CC)N(C)Cc1ccccc1. The molecule has 0 N–H and O–H groups in total. The van der Waals surface area contributed by atoms with Crippen molar-refractivity contribution >= 4 is 5.84 Å². The lowest BCUT2D eigenvalue weighted by Gasteiger charge is -2.20. The van der Waals surface area contributed by atoms with Crippen molar-refractivity contribution in [2.75, 3.05) is 13.6 Å². The van der Waals surface area contributed by atoms with E-state index >= 15 is 0 Å². The van der Waals surface area contributed by atoms with E-state index in [1.807, 2.05) is 6.07 Å². The lowest BCUT2D eigenvalue weighted by Crippen LogP contribution is -2.25. The number of hydrogen-bond donors (Lipinski definition) is 0. The van der Waals surface area contributed by atoms with Crippen molar-refractivity contribution in [1.82, 2.24) is 4.90 Å². The molecule has 1 aromatic rings. The van der Waals surface area contributed by atoms with Gasteiger partial charge in [0.15, 0.2) is 0 Å². The Morgan fingerprint density at radius 3 is 2.40 bits per heavy atom. The molecule has 0 atom stereocenters. The number of nitrogens with zero attached hydrogens (tertiary/aromatic N) is 2. The molecule has 0 aliphatic carbocycles. The summed E-state index contributed by atoms with van der Waals surface area (Å²) in [5.41, 5.74) is 1.33. The molecule has 1 aromatic carbocycles. The van der Waals surface area contributed by atoms with Gasteiger partial charge in [0.25, 0.3) is 0 Å². The largest absolute Gasteiger partial charge is 0.359 e. The quantitative estimate of drug-likeness (QED) is 0.544. The molecule has 2 heteroatoms. The Labute approximate surface area is 92.6 Å². The summed E-state index contributed by atoms with van der Waals surface area (Å²) in [6.07, 6.45) is 0.997. The van der Waals surface area contributed by atoms with Crippen LogP contribution in [0.15, 0.2) is 35.3 Å². The summed E-state index contributed by atoms with van der Waals surface area (Å²) in [6.45, 7) is 6.03. The second-order valence-corrected chi connectivity index (χ2v) is 3.59. The van der Waals surface area contributed by atoms with Crippen LogP contribution in [0.1, 0.15) is 25.8 Å². The summed E-state index contributed by atoms with van der Waals surface area (Å²) in [6, 6.07) is 10.5. The Hall–Kier alpha value is -1.31. The summed E-state index contributed by atoms with van der Waals surface area (Å²) >= 11 is 0. The van der Waals surface area contributed by atoms with Crippen molar-refractivity contribution < 1.29 is 0 Å². The van der Waals surface area contributed by atoms with Crippen LogP contribution in [0.2, 0.25) is 0 Å². The maximum Gasteiger partial charge on any atom is 0.0986 e. The molecule has 0 saturated heterocycles. The Balaban J connectivity index is 2.62. The molecule has 0 aliphatic rings. The van der Waals surface area contributed by atoms with Gasteiger partial charge in [0, 0.05) is 26.6 Å². The predicted octanol–water partition coefficient (Wildman–Crippen LogP) is 2.95. The molecule has 0 radical (unpaired) electrons. The van der Waals surface area contributed by atoms with E-state index in [1.165, 1.54) is 11.4 Å². The third-order valence-corrected chi connectivity index (χ3v) is 2.36. The highest BCUT2D eigenvalue weighted by Gasteiger charge is 2.03. The summed E-state index contributed by atoms with van der Waals surface area (Å²) in [5.74, 6) is 1.18. The monoisotopic (exact) mass is 204 g/mol. The van der Waals surface area contributed by atoms with Gasteiger partial charge in [0.1, 0.15) is 0 Å². The van der Waals surface area contributed by atoms with Crippen LogP contribution in [0.25, 0.3) is 0 Å². The van der Waals surface area contributed by atoms with Gasteiger partial charge in [-0.15, -0.1) is 0 Å². The second-order valence-electron chi connectivity index (χ2n) is 3.59. The van der Waals surface area contributed by atoms with Gasteiger partial charge in [0.2, 0.25) is 0 Å². The molecule has 0 spiro atoms. The topological polar surface area (TPSA) is 15.6 Å². The molecule has 1 rings (SSSR count). The van der Waals surface area contributed by atoms with Gasteiger partial charge in [-0.2, -0.15) is 0 Å². The van der Waals surface area contributed by atoms with E-state index in [4.69, 9.17) is 0 Å². The van der Waals surface area contributed by atoms with Gasteiger partial charge >= 0.3 is 0 Å². The number of amidine groups is 1. The van der Waals surface area contributed by atoms with Gasteiger partial charge < -0.3 is 4.90 Å². The lowest BCUT2D eigenvalue weighted by molar-refractivity contribution is 0.488. The predicted molar refractivity (Wildman–Crippen MR) is 66.2 cm³/mol. The zero-order valence-electron chi connectivity index (χ0n) is 9.90. The minimum absolute atomic E-state index is 0.863. The van der Waals surface area contributed by atoms with Crippen LogP contribution in [-0.4, -0.2) is 24.3 Å². The molecule has 0 heterocycles. The highest BCUT2D eigenvalue weighted by atomic mass is 15.2. The Bertz CT molecular complexity index is 304. The average molecular weight is 204 g/mol. The summed E-state index contributed by atoms with van der Waals surface area (Å²) < 4.78 is 0. The third kappa shape index (κ3) is 3.74. The summed E-state index contributed by atoms with van der Waals surface area (Å²) in [4.78, 5) is 6.70. The molecule has 0 unspecified atom stereocenters. The molecule has 0 aromatic heterocycles. The molecule has 2 nitrogen and oxygen atoms in total. The molecule has 15 heavy (non-hydrogen) atoms. The van der Waals surface area contributed by atoms with Crippen LogP contribution in [0.3, 0.4) is 0 Å². The average Bonchev–Trinajstić information content (AvgIpc) is 2.27. The smallest absolute Gasteiger partial charge is 0.0986 e. The van der Waals surface area contributed by atoms with Gasteiger partial charge in [-0.25, -0.2) is 0 Å². The van der Waals surface area contributed by atoms with Crippen LogP contribution in [-0.2, 0) is 6.54 Å². The minimum Gasteiger partial charge on any atom is -0.359 e. The van der Waals surface area contributed by atoms with Crippen molar-refractivity contribution in [3.8, 4) is 0 Å². The van der Waals surface area contributed by atoms with E-state index in [9.17, 15) is 0 Å². The van der Waals surface area contributed by atoms with Crippen molar-refractivity contribution in [2.24, 2.45) is 4.99 Å². The molecule has 0 bridgehead atoms. The standard InChI is InChI=1S/C13H20N2/c1-4-13(14-5-2)15(3)11-12-9-7-6-8-10-12/h6-10H,4-5,11H2,1-3H3. The first-order chi connectivity index (χ1) is 7.27. The molecule has 0 fully saturated rings. The number of aliphatic imine (C=N–C) groups is 1. The van der Waals surface area contributed by atoms with Crippen molar-refractivity contribution in [2.45, 2.75) is 26.8 Å². The van der Waals surface area contributed by atoms with Crippen LogP contribution in [0.5, 0.6) is 0 Å². The molecule has 0 amide bonds. The van der Waals surface area contributed by atoms with E-state index in [0.29, 0.717) is 0 Å². The normalized spacial score (nSPS) is 11.5. The molecular formula is C13H20N2. The zero-order chi connectivity index (χ0) is 11.1.